The maximum atomic E-state index is 5.80. The van der Waals surface area contributed by atoms with Gasteiger partial charge in [-0.05, 0) is 43.5 Å². The first-order chi connectivity index (χ1) is 9.25. The predicted molar refractivity (Wildman–Crippen MR) is 80.7 cm³/mol. The van der Waals surface area contributed by atoms with E-state index in [1.165, 1.54) is 37.1 Å². The molecule has 106 valence electrons. The van der Waals surface area contributed by atoms with Gasteiger partial charge in [-0.25, -0.2) is 0 Å². The second-order valence-electron chi connectivity index (χ2n) is 5.55. The highest BCUT2D eigenvalue weighted by atomic mass is 16.5. The van der Waals surface area contributed by atoms with Gasteiger partial charge in [-0.3, -0.25) is 0 Å². The van der Waals surface area contributed by atoms with Crippen molar-refractivity contribution < 1.29 is 4.74 Å². The van der Waals surface area contributed by atoms with Crippen LogP contribution in [0.25, 0.3) is 0 Å². The summed E-state index contributed by atoms with van der Waals surface area (Å²) in [6, 6.07) is 9.21. The van der Waals surface area contributed by atoms with Gasteiger partial charge < -0.3 is 15.0 Å². The Balaban J connectivity index is 1.68. The highest BCUT2D eigenvalue weighted by Gasteiger charge is 2.11. The van der Waals surface area contributed by atoms with Gasteiger partial charge in [0.1, 0.15) is 0 Å². The monoisotopic (exact) mass is 262 g/mol. The molecule has 1 aliphatic heterocycles. The Hall–Kier alpha value is -1.06. The number of hydrogen-bond donors (Lipinski definition) is 1. The minimum absolute atomic E-state index is 0.668. The first-order valence-corrected chi connectivity index (χ1v) is 7.33. The molecule has 0 spiro atoms. The molecule has 1 atom stereocenters. The van der Waals surface area contributed by atoms with E-state index < -0.39 is 0 Å². The molecule has 3 heteroatoms. The number of nitrogens with one attached hydrogen (secondary N) is 1. The normalized spacial score (nSPS) is 19.4. The third-order valence-electron chi connectivity index (χ3n) is 3.72. The Morgan fingerprint density at radius 1 is 1.32 bits per heavy atom. The maximum absolute atomic E-state index is 5.80. The van der Waals surface area contributed by atoms with Crippen LogP contribution in [0.1, 0.15) is 31.2 Å². The molecule has 2 rings (SSSR count). The lowest BCUT2D eigenvalue weighted by atomic mass is 10.0. The van der Waals surface area contributed by atoms with Gasteiger partial charge in [0.2, 0.25) is 0 Å². The molecule has 0 amide bonds. The van der Waals surface area contributed by atoms with E-state index in [0.29, 0.717) is 12.6 Å². The van der Waals surface area contributed by atoms with Crippen LogP contribution >= 0.6 is 0 Å². The minimum Gasteiger partial charge on any atom is -0.378 e. The molecule has 1 heterocycles. The molecule has 0 aliphatic carbocycles. The quantitative estimate of drug-likeness (QED) is 0.798. The molecule has 1 fully saturated rings. The second-order valence-corrected chi connectivity index (χ2v) is 5.55. The molecule has 0 aromatic heterocycles. The number of rotatable bonds is 6. The Kier molecular flexibility index (Phi) is 5.67. The summed E-state index contributed by atoms with van der Waals surface area (Å²) in [7, 11) is 4.13. The van der Waals surface area contributed by atoms with Crippen LogP contribution in [0, 0.1) is 0 Å². The number of anilines is 1. The maximum Gasteiger partial charge on any atom is 0.0717 e. The fraction of sp³-hybridized carbons (Fsp3) is 0.625. The van der Waals surface area contributed by atoms with Crippen LogP contribution < -0.4 is 10.2 Å². The first-order valence-electron chi connectivity index (χ1n) is 7.33. The highest BCUT2D eigenvalue weighted by molar-refractivity contribution is 5.46. The van der Waals surface area contributed by atoms with E-state index >= 15 is 0 Å². The third-order valence-corrected chi connectivity index (χ3v) is 3.72. The number of piperidine rings is 1. The molecule has 1 aromatic carbocycles. The zero-order valence-electron chi connectivity index (χ0n) is 12.2. The average molecular weight is 262 g/mol. The van der Waals surface area contributed by atoms with Crippen molar-refractivity contribution >= 4 is 5.69 Å². The molecule has 1 saturated heterocycles. The Bertz CT molecular complexity index is 373. The van der Waals surface area contributed by atoms with Gasteiger partial charge in [-0.15, -0.1) is 0 Å². The van der Waals surface area contributed by atoms with Gasteiger partial charge in [0.25, 0.3) is 0 Å². The highest BCUT2D eigenvalue weighted by Crippen LogP contribution is 2.15. The molecule has 3 nitrogen and oxygen atoms in total. The van der Waals surface area contributed by atoms with Gasteiger partial charge >= 0.3 is 0 Å². The fourth-order valence-corrected chi connectivity index (χ4v) is 2.51. The SMILES string of the molecule is CN(C)c1cccc(COCCC2CCCCN2)c1. The summed E-state index contributed by atoms with van der Waals surface area (Å²) in [5.74, 6) is 0. The second kappa shape index (κ2) is 7.51. The predicted octanol–water partition coefficient (Wildman–Crippen LogP) is 2.80. The molecular formula is C16H26N2O. The van der Waals surface area contributed by atoms with Crippen LogP contribution in [0.3, 0.4) is 0 Å². The van der Waals surface area contributed by atoms with E-state index in [1.807, 2.05) is 0 Å². The van der Waals surface area contributed by atoms with Gasteiger partial charge in [0.05, 0.1) is 6.61 Å². The van der Waals surface area contributed by atoms with Crippen molar-refractivity contribution in [3.8, 4) is 0 Å². The van der Waals surface area contributed by atoms with Crippen LogP contribution in [0.5, 0.6) is 0 Å². The summed E-state index contributed by atoms with van der Waals surface area (Å²) in [6.45, 7) is 2.74. The Labute approximate surface area is 116 Å². The van der Waals surface area contributed by atoms with E-state index in [9.17, 15) is 0 Å². The van der Waals surface area contributed by atoms with Gasteiger partial charge in [-0.2, -0.15) is 0 Å². The molecule has 0 saturated carbocycles. The number of nitrogens with zero attached hydrogens (tertiary/aromatic N) is 1. The van der Waals surface area contributed by atoms with Crippen molar-refractivity contribution in [2.75, 3.05) is 32.1 Å². The molecular weight excluding hydrogens is 236 g/mol. The summed E-state index contributed by atoms with van der Waals surface area (Å²) >= 11 is 0. The average Bonchev–Trinajstić information content (AvgIpc) is 2.45. The number of benzene rings is 1. The zero-order chi connectivity index (χ0) is 13.5. The molecule has 1 N–H and O–H groups in total. The van der Waals surface area contributed by atoms with Crippen molar-refractivity contribution in [3.05, 3.63) is 29.8 Å². The number of ether oxygens (including phenoxy) is 1. The summed E-state index contributed by atoms with van der Waals surface area (Å²) in [5.41, 5.74) is 2.48. The van der Waals surface area contributed by atoms with Crippen LogP contribution in [0.4, 0.5) is 5.69 Å². The lowest BCUT2D eigenvalue weighted by Crippen LogP contribution is -2.34. The van der Waals surface area contributed by atoms with Gasteiger partial charge in [0, 0.05) is 32.4 Å². The summed E-state index contributed by atoms with van der Waals surface area (Å²) < 4.78 is 5.80. The van der Waals surface area contributed by atoms with Gasteiger partial charge in [0.15, 0.2) is 0 Å². The van der Waals surface area contributed by atoms with Crippen LogP contribution in [0.2, 0.25) is 0 Å². The van der Waals surface area contributed by atoms with E-state index in [1.54, 1.807) is 0 Å². The third kappa shape index (κ3) is 4.84. The Morgan fingerprint density at radius 3 is 2.95 bits per heavy atom. The van der Waals surface area contributed by atoms with Crippen LogP contribution in [0.15, 0.2) is 24.3 Å². The molecule has 0 radical (unpaired) electrons. The van der Waals surface area contributed by atoms with Crippen molar-refractivity contribution in [1.82, 2.24) is 5.32 Å². The van der Waals surface area contributed by atoms with Crippen molar-refractivity contribution in [1.29, 1.82) is 0 Å². The summed E-state index contributed by atoms with van der Waals surface area (Å²) in [5, 5.41) is 3.56. The largest absolute Gasteiger partial charge is 0.378 e. The number of hydrogen-bond acceptors (Lipinski definition) is 3. The van der Waals surface area contributed by atoms with Gasteiger partial charge in [-0.1, -0.05) is 18.6 Å². The standard InChI is InChI=1S/C16H26N2O/c1-18(2)16-8-5-6-14(12-16)13-19-11-9-15-7-3-4-10-17-15/h5-6,8,12,15,17H,3-4,7,9-11,13H2,1-2H3. The van der Waals surface area contributed by atoms with E-state index in [4.69, 9.17) is 4.74 Å². The van der Waals surface area contributed by atoms with Crippen molar-refractivity contribution in [2.45, 2.75) is 38.3 Å². The molecule has 1 aromatic rings. The van der Waals surface area contributed by atoms with E-state index in [2.05, 4.69) is 48.6 Å². The fourth-order valence-electron chi connectivity index (χ4n) is 2.51. The smallest absolute Gasteiger partial charge is 0.0717 e. The summed E-state index contributed by atoms with van der Waals surface area (Å²) in [6.07, 6.45) is 5.13. The van der Waals surface area contributed by atoms with Crippen LogP contribution in [-0.2, 0) is 11.3 Å². The topological polar surface area (TPSA) is 24.5 Å². The lowest BCUT2D eigenvalue weighted by molar-refractivity contribution is 0.108. The van der Waals surface area contributed by atoms with Crippen molar-refractivity contribution in [3.63, 3.8) is 0 Å². The molecule has 0 bridgehead atoms. The zero-order valence-corrected chi connectivity index (χ0v) is 12.2. The minimum atomic E-state index is 0.668. The van der Waals surface area contributed by atoms with Crippen LogP contribution in [-0.4, -0.2) is 33.3 Å². The van der Waals surface area contributed by atoms with Crippen molar-refractivity contribution in [2.24, 2.45) is 0 Å². The molecule has 1 aliphatic rings. The first kappa shape index (κ1) is 14.4. The molecule has 19 heavy (non-hydrogen) atoms. The molecule has 1 unspecified atom stereocenters. The Morgan fingerprint density at radius 2 is 2.21 bits per heavy atom. The lowest BCUT2D eigenvalue weighted by Gasteiger charge is -2.23. The summed E-state index contributed by atoms with van der Waals surface area (Å²) in [4.78, 5) is 2.12. The van der Waals surface area contributed by atoms with E-state index in [-0.39, 0.29) is 0 Å². The van der Waals surface area contributed by atoms with E-state index in [0.717, 1.165) is 13.0 Å².